The summed E-state index contributed by atoms with van der Waals surface area (Å²) in [5.74, 6) is 2.29. The maximum Gasteiger partial charge on any atom is 0.231 e. The Morgan fingerprint density at radius 2 is 2.25 bits per heavy atom. The lowest BCUT2D eigenvalue weighted by molar-refractivity contribution is 0.173. The summed E-state index contributed by atoms with van der Waals surface area (Å²) >= 11 is 3.64. The van der Waals surface area contributed by atoms with Crippen LogP contribution in [0.2, 0.25) is 0 Å². The fraction of sp³-hybridized carbons (Fsp3) is 0.500. The van der Waals surface area contributed by atoms with E-state index in [0.29, 0.717) is 12.7 Å². The summed E-state index contributed by atoms with van der Waals surface area (Å²) in [5, 5.41) is 3.44. The molecule has 0 aliphatic carbocycles. The van der Waals surface area contributed by atoms with Crippen LogP contribution in [0.15, 0.2) is 16.6 Å². The Morgan fingerprint density at radius 1 is 1.31 bits per heavy atom. The van der Waals surface area contributed by atoms with Crippen molar-refractivity contribution in [3.05, 3.63) is 22.2 Å². The zero-order valence-electron chi connectivity index (χ0n) is 8.96. The van der Waals surface area contributed by atoms with Gasteiger partial charge in [0.25, 0.3) is 0 Å². The van der Waals surface area contributed by atoms with Crippen LogP contribution in [0.3, 0.4) is 0 Å². The number of hydrogen-bond donors (Lipinski definition) is 1. The highest BCUT2D eigenvalue weighted by molar-refractivity contribution is 9.10. The fourth-order valence-corrected chi connectivity index (χ4v) is 3.15. The van der Waals surface area contributed by atoms with E-state index in [2.05, 4.69) is 27.3 Å². The number of ether oxygens (including phenoxy) is 2. The van der Waals surface area contributed by atoms with Crippen LogP contribution < -0.4 is 14.8 Å². The third-order valence-electron chi connectivity index (χ3n) is 3.25. The van der Waals surface area contributed by atoms with Gasteiger partial charge in [-0.2, -0.15) is 0 Å². The zero-order chi connectivity index (χ0) is 11.0. The Kier molecular flexibility index (Phi) is 2.77. The molecule has 2 heterocycles. The number of hydrogen-bond acceptors (Lipinski definition) is 3. The van der Waals surface area contributed by atoms with E-state index < -0.39 is 0 Å². The van der Waals surface area contributed by atoms with Gasteiger partial charge in [0.1, 0.15) is 0 Å². The smallest absolute Gasteiger partial charge is 0.231 e. The summed E-state index contributed by atoms with van der Waals surface area (Å²) in [4.78, 5) is 0. The molecule has 1 unspecified atom stereocenters. The average molecular weight is 284 g/mol. The minimum Gasteiger partial charge on any atom is -0.454 e. The molecular weight excluding hydrogens is 270 g/mol. The van der Waals surface area contributed by atoms with Gasteiger partial charge in [-0.15, -0.1) is 0 Å². The Balaban J connectivity index is 1.95. The number of nitrogens with one attached hydrogen (secondary N) is 1. The predicted molar refractivity (Wildman–Crippen MR) is 65.1 cm³/mol. The molecule has 0 bridgehead atoms. The molecule has 0 aromatic heterocycles. The van der Waals surface area contributed by atoms with E-state index in [1.54, 1.807) is 0 Å². The molecule has 1 aromatic rings. The van der Waals surface area contributed by atoms with Gasteiger partial charge < -0.3 is 14.8 Å². The molecule has 2 aliphatic rings. The van der Waals surface area contributed by atoms with Crippen molar-refractivity contribution >= 4 is 15.9 Å². The second kappa shape index (κ2) is 4.26. The van der Waals surface area contributed by atoms with Crippen LogP contribution in [0.1, 0.15) is 24.3 Å². The molecule has 1 atom stereocenters. The van der Waals surface area contributed by atoms with Crippen LogP contribution >= 0.6 is 15.9 Å². The van der Waals surface area contributed by atoms with Gasteiger partial charge >= 0.3 is 0 Å². The topological polar surface area (TPSA) is 30.5 Å². The molecule has 16 heavy (non-hydrogen) atoms. The van der Waals surface area contributed by atoms with Crippen molar-refractivity contribution in [2.24, 2.45) is 0 Å². The van der Waals surface area contributed by atoms with Crippen molar-refractivity contribution in [3.63, 3.8) is 0 Å². The van der Waals surface area contributed by atoms with E-state index in [1.807, 2.05) is 6.07 Å². The molecule has 3 nitrogen and oxygen atoms in total. The van der Waals surface area contributed by atoms with Gasteiger partial charge in [-0.25, -0.2) is 0 Å². The standard InChI is InChI=1S/C12H14BrNO2/c13-11-9(8-2-1-5-14-6-8)3-4-10-12(11)16-7-15-10/h3-4,8,14H,1-2,5-7H2. The monoisotopic (exact) mass is 283 g/mol. The van der Waals surface area contributed by atoms with Crippen LogP contribution in [-0.2, 0) is 0 Å². The van der Waals surface area contributed by atoms with Crippen molar-refractivity contribution in [3.8, 4) is 11.5 Å². The molecule has 1 saturated heterocycles. The Labute approximate surface area is 103 Å². The number of fused-ring (bicyclic) bond motifs is 1. The third-order valence-corrected chi connectivity index (χ3v) is 4.06. The summed E-state index contributed by atoms with van der Waals surface area (Å²) in [7, 11) is 0. The first kappa shape index (κ1) is 10.4. The van der Waals surface area contributed by atoms with E-state index in [0.717, 1.165) is 29.1 Å². The number of piperidine rings is 1. The van der Waals surface area contributed by atoms with Gasteiger partial charge in [0.05, 0.1) is 4.47 Å². The highest BCUT2D eigenvalue weighted by Crippen LogP contribution is 2.44. The summed E-state index contributed by atoms with van der Waals surface area (Å²) in [6.07, 6.45) is 2.48. The van der Waals surface area contributed by atoms with Gasteiger partial charge in [-0.1, -0.05) is 6.07 Å². The van der Waals surface area contributed by atoms with Crippen LogP contribution in [0.5, 0.6) is 11.5 Å². The quantitative estimate of drug-likeness (QED) is 0.860. The van der Waals surface area contributed by atoms with Gasteiger partial charge in [0.2, 0.25) is 6.79 Å². The van der Waals surface area contributed by atoms with Crippen molar-refractivity contribution < 1.29 is 9.47 Å². The molecule has 4 heteroatoms. The maximum atomic E-state index is 5.47. The first-order valence-electron chi connectivity index (χ1n) is 5.65. The first-order valence-corrected chi connectivity index (χ1v) is 6.44. The maximum absolute atomic E-state index is 5.47. The molecule has 0 amide bonds. The lowest BCUT2D eigenvalue weighted by Crippen LogP contribution is -2.28. The lowest BCUT2D eigenvalue weighted by Gasteiger charge is -2.24. The van der Waals surface area contributed by atoms with Crippen molar-refractivity contribution in [2.75, 3.05) is 19.9 Å². The molecular formula is C12H14BrNO2. The van der Waals surface area contributed by atoms with E-state index in [9.17, 15) is 0 Å². The SMILES string of the molecule is Brc1c(C2CCCNC2)ccc2c1OCO2. The molecule has 0 spiro atoms. The highest BCUT2D eigenvalue weighted by Gasteiger charge is 2.24. The van der Waals surface area contributed by atoms with Crippen LogP contribution in [0.25, 0.3) is 0 Å². The molecule has 0 saturated carbocycles. The minimum absolute atomic E-state index is 0.334. The van der Waals surface area contributed by atoms with Gasteiger partial charge in [-0.3, -0.25) is 0 Å². The zero-order valence-corrected chi connectivity index (χ0v) is 10.5. The summed E-state index contributed by atoms with van der Waals surface area (Å²) < 4.78 is 11.9. The first-order chi connectivity index (χ1) is 7.86. The summed E-state index contributed by atoms with van der Waals surface area (Å²) in [6, 6.07) is 4.16. The normalized spacial score (nSPS) is 23.4. The van der Waals surface area contributed by atoms with Crippen molar-refractivity contribution in [1.82, 2.24) is 5.32 Å². The minimum atomic E-state index is 0.334. The second-order valence-electron chi connectivity index (χ2n) is 4.25. The number of rotatable bonds is 1. The fourth-order valence-electron chi connectivity index (χ4n) is 2.39. The molecule has 86 valence electrons. The van der Waals surface area contributed by atoms with Gasteiger partial charge in [-0.05, 0) is 52.9 Å². The highest BCUT2D eigenvalue weighted by atomic mass is 79.9. The average Bonchev–Trinajstić information content (AvgIpc) is 2.80. The Hall–Kier alpha value is -0.740. The van der Waals surface area contributed by atoms with Crippen LogP contribution in [0.4, 0.5) is 0 Å². The van der Waals surface area contributed by atoms with E-state index in [1.165, 1.54) is 18.4 Å². The molecule has 1 fully saturated rings. The number of benzene rings is 1. The van der Waals surface area contributed by atoms with E-state index in [-0.39, 0.29) is 0 Å². The van der Waals surface area contributed by atoms with E-state index in [4.69, 9.17) is 9.47 Å². The van der Waals surface area contributed by atoms with Gasteiger partial charge in [0, 0.05) is 6.54 Å². The van der Waals surface area contributed by atoms with Crippen molar-refractivity contribution in [1.29, 1.82) is 0 Å². The Bertz CT molecular complexity index is 402. The lowest BCUT2D eigenvalue weighted by atomic mass is 9.91. The molecule has 0 radical (unpaired) electrons. The van der Waals surface area contributed by atoms with Crippen LogP contribution in [-0.4, -0.2) is 19.9 Å². The number of halogens is 1. The van der Waals surface area contributed by atoms with E-state index >= 15 is 0 Å². The van der Waals surface area contributed by atoms with Gasteiger partial charge in [0.15, 0.2) is 11.5 Å². The summed E-state index contributed by atoms with van der Waals surface area (Å²) in [5.41, 5.74) is 1.33. The summed E-state index contributed by atoms with van der Waals surface area (Å²) in [6.45, 7) is 2.53. The molecule has 1 aromatic carbocycles. The molecule has 1 N–H and O–H groups in total. The Morgan fingerprint density at radius 3 is 3.06 bits per heavy atom. The van der Waals surface area contributed by atoms with Crippen LogP contribution in [0, 0.1) is 0 Å². The largest absolute Gasteiger partial charge is 0.454 e. The molecule has 3 rings (SSSR count). The third kappa shape index (κ3) is 1.70. The molecule has 2 aliphatic heterocycles. The predicted octanol–water partition coefficient (Wildman–Crippen LogP) is 2.64. The van der Waals surface area contributed by atoms with Crippen molar-refractivity contribution in [2.45, 2.75) is 18.8 Å². The second-order valence-corrected chi connectivity index (χ2v) is 5.04.